The molecule has 0 fully saturated rings. The van der Waals surface area contributed by atoms with Crippen LogP contribution < -0.4 is 5.32 Å². The summed E-state index contributed by atoms with van der Waals surface area (Å²) in [6.07, 6.45) is 1.37. The number of carboxylic acids is 1. The van der Waals surface area contributed by atoms with Gasteiger partial charge in [-0.1, -0.05) is 12.1 Å². The first kappa shape index (κ1) is 13.7. The maximum absolute atomic E-state index is 11.3. The molecule has 1 atom stereocenters. The second-order valence-electron chi connectivity index (χ2n) is 3.80. The van der Waals surface area contributed by atoms with Gasteiger partial charge in [0.2, 0.25) is 0 Å². The lowest BCUT2D eigenvalue weighted by atomic mass is 10.1. The minimum Gasteiger partial charge on any atom is -0.480 e. The van der Waals surface area contributed by atoms with Crippen LogP contribution in [0.4, 0.5) is 0 Å². The molecule has 1 aromatic carbocycles. The number of carboxylic acid groups (broad SMARTS) is 1. The van der Waals surface area contributed by atoms with E-state index in [-0.39, 0.29) is 11.3 Å². The van der Waals surface area contributed by atoms with Crippen molar-refractivity contribution in [3.05, 3.63) is 29.8 Å². The van der Waals surface area contributed by atoms with Gasteiger partial charge in [-0.25, -0.2) is 8.42 Å². The third-order valence-corrected chi connectivity index (χ3v) is 3.52. The first-order valence-corrected chi connectivity index (χ1v) is 6.93. The van der Waals surface area contributed by atoms with E-state index in [1.165, 1.54) is 12.1 Å². The first-order chi connectivity index (χ1) is 7.84. The Morgan fingerprint density at radius 1 is 1.47 bits per heavy atom. The molecule has 5 nitrogen and oxygen atoms in total. The van der Waals surface area contributed by atoms with Crippen molar-refractivity contribution in [1.82, 2.24) is 5.32 Å². The third kappa shape index (κ3) is 3.83. The zero-order chi connectivity index (χ0) is 13.1. The van der Waals surface area contributed by atoms with Gasteiger partial charge in [0, 0.05) is 6.26 Å². The summed E-state index contributed by atoms with van der Waals surface area (Å²) in [6, 6.07) is 5.60. The van der Waals surface area contributed by atoms with Crippen molar-refractivity contribution in [2.45, 2.75) is 17.4 Å². The molecule has 0 radical (unpaired) electrons. The molecule has 0 heterocycles. The number of benzene rings is 1. The molecule has 0 aliphatic carbocycles. The lowest BCUT2D eigenvalue weighted by Crippen LogP contribution is -2.35. The van der Waals surface area contributed by atoms with Gasteiger partial charge in [-0.15, -0.1) is 0 Å². The Bertz CT molecular complexity index is 510. The standard InChI is InChI=1S/C11H15NO4S/c1-12-10(11(13)14)7-8-4-3-5-9(6-8)17(2,15)16/h3-6,10,12H,7H2,1-2H3,(H,13,14). The van der Waals surface area contributed by atoms with Crippen LogP contribution in [0.15, 0.2) is 29.2 Å². The highest BCUT2D eigenvalue weighted by atomic mass is 32.2. The van der Waals surface area contributed by atoms with Crippen molar-refractivity contribution in [3.63, 3.8) is 0 Å². The Morgan fingerprint density at radius 2 is 2.12 bits per heavy atom. The summed E-state index contributed by atoms with van der Waals surface area (Å²) in [5.41, 5.74) is 0.676. The van der Waals surface area contributed by atoms with Crippen molar-refractivity contribution < 1.29 is 18.3 Å². The number of rotatable bonds is 5. The predicted molar refractivity (Wildman–Crippen MR) is 63.7 cm³/mol. The van der Waals surface area contributed by atoms with E-state index in [2.05, 4.69) is 5.32 Å². The highest BCUT2D eigenvalue weighted by Crippen LogP contribution is 2.12. The summed E-state index contributed by atoms with van der Waals surface area (Å²) in [5.74, 6) is -0.961. The van der Waals surface area contributed by atoms with Gasteiger partial charge in [-0.05, 0) is 31.2 Å². The minimum atomic E-state index is -3.26. The van der Waals surface area contributed by atoms with E-state index in [1.807, 2.05) is 0 Å². The Morgan fingerprint density at radius 3 is 2.59 bits per heavy atom. The monoisotopic (exact) mass is 257 g/mol. The normalized spacial score (nSPS) is 13.3. The zero-order valence-corrected chi connectivity index (χ0v) is 10.5. The van der Waals surface area contributed by atoms with E-state index in [9.17, 15) is 13.2 Å². The fourth-order valence-corrected chi connectivity index (χ4v) is 2.14. The van der Waals surface area contributed by atoms with Gasteiger partial charge >= 0.3 is 5.97 Å². The van der Waals surface area contributed by atoms with Gasteiger partial charge in [-0.3, -0.25) is 4.79 Å². The molecule has 1 rings (SSSR count). The van der Waals surface area contributed by atoms with Gasteiger partial charge in [0.15, 0.2) is 9.84 Å². The van der Waals surface area contributed by atoms with Crippen molar-refractivity contribution in [2.24, 2.45) is 0 Å². The molecule has 0 saturated carbocycles. The summed E-state index contributed by atoms with van der Waals surface area (Å²) in [5, 5.41) is 11.5. The van der Waals surface area contributed by atoms with E-state index in [1.54, 1.807) is 19.2 Å². The Labute approximate surface area is 100 Å². The van der Waals surface area contributed by atoms with Gasteiger partial charge in [0.05, 0.1) is 4.90 Å². The Kier molecular flexibility index (Phi) is 4.25. The lowest BCUT2D eigenvalue weighted by Gasteiger charge is -2.11. The molecule has 6 heteroatoms. The number of sulfone groups is 1. The molecule has 0 bridgehead atoms. The second kappa shape index (κ2) is 5.29. The molecule has 0 aromatic heterocycles. The van der Waals surface area contributed by atoms with Crippen LogP contribution >= 0.6 is 0 Å². The zero-order valence-electron chi connectivity index (χ0n) is 9.67. The van der Waals surface area contributed by atoms with Gasteiger partial charge in [0.25, 0.3) is 0 Å². The quantitative estimate of drug-likeness (QED) is 0.793. The van der Waals surface area contributed by atoms with Gasteiger partial charge in [0.1, 0.15) is 6.04 Å². The summed E-state index contributed by atoms with van der Waals surface area (Å²) in [6.45, 7) is 0. The SMILES string of the molecule is CNC(Cc1cccc(S(C)(=O)=O)c1)C(=O)O. The highest BCUT2D eigenvalue weighted by molar-refractivity contribution is 7.90. The highest BCUT2D eigenvalue weighted by Gasteiger charge is 2.16. The molecule has 0 spiro atoms. The molecule has 1 aromatic rings. The van der Waals surface area contributed by atoms with E-state index in [4.69, 9.17) is 5.11 Å². The average molecular weight is 257 g/mol. The van der Waals surface area contributed by atoms with Crippen molar-refractivity contribution in [1.29, 1.82) is 0 Å². The van der Waals surface area contributed by atoms with Crippen molar-refractivity contribution >= 4 is 15.8 Å². The number of carbonyl (C=O) groups is 1. The molecule has 0 aliphatic rings. The lowest BCUT2D eigenvalue weighted by molar-refractivity contribution is -0.139. The fourth-order valence-electron chi connectivity index (χ4n) is 1.45. The van der Waals surface area contributed by atoms with Crippen LogP contribution in [0.2, 0.25) is 0 Å². The summed E-state index contributed by atoms with van der Waals surface area (Å²) >= 11 is 0. The maximum atomic E-state index is 11.3. The molecule has 2 N–H and O–H groups in total. The van der Waals surface area contributed by atoms with E-state index >= 15 is 0 Å². The smallest absolute Gasteiger partial charge is 0.321 e. The van der Waals surface area contributed by atoms with Crippen LogP contribution in [-0.4, -0.2) is 38.8 Å². The first-order valence-electron chi connectivity index (χ1n) is 5.03. The van der Waals surface area contributed by atoms with Crippen molar-refractivity contribution in [3.8, 4) is 0 Å². The second-order valence-corrected chi connectivity index (χ2v) is 5.82. The van der Waals surface area contributed by atoms with E-state index < -0.39 is 21.8 Å². The molecular formula is C11H15NO4S. The largest absolute Gasteiger partial charge is 0.480 e. The number of hydrogen-bond donors (Lipinski definition) is 2. The third-order valence-electron chi connectivity index (χ3n) is 2.41. The topological polar surface area (TPSA) is 83.5 Å². The Balaban J connectivity index is 2.97. The molecule has 17 heavy (non-hydrogen) atoms. The van der Waals surface area contributed by atoms with Crippen LogP contribution in [0.25, 0.3) is 0 Å². The van der Waals surface area contributed by atoms with Crippen LogP contribution in [0.3, 0.4) is 0 Å². The maximum Gasteiger partial charge on any atom is 0.321 e. The predicted octanol–water partition coefficient (Wildman–Crippen LogP) is 0.305. The summed E-state index contributed by atoms with van der Waals surface area (Å²) in [7, 11) is -1.70. The van der Waals surface area contributed by atoms with Crippen LogP contribution in [0.5, 0.6) is 0 Å². The van der Waals surface area contributed by atoms with Crippen molar-refractivity contribution in [2.75, 3.05) is 13.3 Å². The molecular weight excluding hydrogens is 242 g/mol. The average Bonchev–Trinajstić information content (AvgIpc) is 2.24. The van der Waals surface area contributed by atoms with E-state index in [0.717, 1.165) is 6.26 Å². The molecule has 1 unspecified atom stereocenters. The summed E-state index contributed by atoms with van der Waals surface area (Å²) in [4.78, 5) is 11.0. The minimum absolute atomic E-state index is 0.204. The van der Waals surface area contributed by atoms with Gasteiger partial charge in [-0.2, -0.15) is 0 Å². The molecule has 0 aliphatic heterocycles. The fraction of sp³-hybridized carbons (Fsp3) is 0.364. The number of aliphatic carboxylic acids is 1. The molecule has 94 valence electrons. The van der Waals surface area contributed by atoms with Gasteiger partial charge < -0.3 is 10.4 Å². The number of likely N-dealkylation sites (N-methyl/N-ethyl adjacent to an activating group) is 1. The van der Waals surface area contributed by atoms with Crippen LogP contribution in [0, 0.1) is 0 Å². The number of hydrogen-bond acceptors (Lipinski definition) is 4. The van der Waals surface area contributed by atoms with E-state index in [0.29, 0.717) is 5.56 Å². The number of nitrogens with one attached hydrogen (secondary N) is 1. The van der Waals surface area contributed by atoms with Crippen LogP contribution in [-0.2, 0) is 21.1 Å². The Hall–Kier alpha value is -1.40. The van der Waals surface area contributed by atoms with Crippen LogP contribution in [0.1, 0.15) is 5.56 Å². The summed E-state index contributed by atoms with van der Waals surface area (Å²) < 4.78 is 22.7. The molecule has 0 amide bonds. The molecule has 0 saturated heterocycles.